The van der Waals surface area contributed by atoms with Gasteiger partial charge in [-0.25, -0.2) is 4.79 Å². The van der Waals surface area contributed by atoms with Gasteiger partial charge >= 0.3 is 6.03 Å². The van der Waals surface area contributed by atoms with Crippen molar-refractivity contribution in [3.63, 3.8) is 0 Å². The lowest BCUT2D eigenvalue weighted by Crippen LogP contribution is -2.41. The Morgan fingerprint density at radius 2 is 1.94 bits per heavy atom. The van der Waals surface area contributed by atoms with Gasteiger partial charge in [-0.1, -0.05) is 12.1 Å². The Labute approximate surface area is 201 Å². The monoisotopic (exact) mass is 479 g/mol. The lowest BCUT2D eigenvalue weighted by molar-refractivity contribution is -0.130. The molecule has 2 aromatic heterocycles. The van der Waals surface area contributed by atoms with Gasteiger partial charge in [0.05, 0.1) is 6.54 Å². The van der Waals surface area contributed by atoms with Gasteiger partial charge in [0.2, 0.25) is 6.79 Å². The number of amides is 3. The Morgan fingerprint density at radius 3 is 2.71 bits per heavy atom. The molecule has 0 radical (unpaired) electrons. The number of ketones is 1. The molecule has 2 aliphatic rings. The minimum atomic E-state index is -1.30. The molecule has 0 spiro atoms. The molecule has 0 bridgehead atoms. The zero-order valence-electron chi connectivity index (χ0n) is 19.2. The molecule has 0 saturated carbocycles. The van der Waals surface area contributed by atoms with Crippen molar-refractivity contribution in [2.24, 2.45) is 0 Å². The van der Waals surface area contributed by atoms with Gasteiger partial charge in [0, 0.05) is 28.4 Å². The van der Waals surface area contributed by atoms with Crippen molar-refractivity contribution >= 4 is 29.1 Å². The summed E-state index contributed by atoms with van der Waals surface area (Å²) in [7, 11) is 0. The summed E-state index contributed by atoms with van der Waals surface area (Å²) < 4.78 is 12.8. The van der Waals surface area contributed by atoms with Crippen LogP contribution in [0.2, 0.25) is 0 Å². The number of hydrogen-bond donors (Lipinski definition) is 1. The molecule has 0 aliphatic carbocycles. The summed E-state index contributed by atoms with van der Waals surface area (Å²) in [5.41, 5.74) is 1.61. The third-order valence-corrected chi connectivity index (χ3v) is 7.50. The molecule has 4 heterocycles. The zero-order valence-corrected chi connectivity index (χ0v) is 20.0. The van der Waals surface area contributed by atoms with Crippen LogP contribution in [0.1, 0.15) is 39.1 Å². The van der Waals surface area contributed by atoms with Gasteiger partial charge in [-0.05, 0) is 62.4 Å². The molecule has 3 aromatic rings. The molecule has 1 fully saturated rings. The van der Waals surface area contributed by atoms with Crippen molar-refractivity contribution in [3.05, 3.63) is 69.2 Å². The Bertz CT molecular complexity index is 1300. The highest BCUT2D eigenvalue weighted by molar-refractivity contribution is 7.09. The molecule has 0 unspecified atom stereocenters. The van der Waals surface area contributed by atoms with Crippen molar-refractivity contribution in [1.82, 2.24) is 14.8 Å². The number of hydrogen-bond acceptors (Lipinski definition) is 6. The average molecular weight is 480 g/mol. The first-order chi connectivity index (χ1) is 16.3. The van der Waals surface area contributed by atoms with Gasteiger partial charge < -0.3 is 19.4 Å². The van der Waals surface area contributed by atoms with Crippen molar-refractivity contribution in [2.75, 3.05) is 13.3 Å². The van der Waals surface area contributed by atoms with Crippen LogP contribution in [0.25, 0.3) is 0 Å². The maximum Gasteiger partial charge on any atom is 0.325 e. The molecular formula is C25H25N3O5S. The fraction of sp³-hybridized carbons (Fsp3) is 0.320. The number of aryl methyl sites for hydroxylation is 2. The average Bonchev–Trinajstić information content (AvgIpc) is 3.58. The fourth-order valence-electron chi connectivity index (χ4n) is 4.58. The first-order valence-corrected chi connectivity index (χ1v) is 11.9. The Balaban J connectivity index is 1.33. The summed E-state index contributed by atoms with van der Waals surface area (Å²) in [6.07, 6.45) is 0.878. The number of carbonyl (C=O) groups excluding carboxylic acids is 3. The third-order valence-electron chi connectivity index (χ3n) is 6.56. The summed E-state index contributed by atoms with van der Waals surface area (Å²) in [6.45, 7) is 6.05. The summed E-state index contributed by atoms with van der Waals surface area (Å²) in [6, 6.07) is 10.5. The second-order valence-electron chi connectivity index (χ2n) is 8.70. The Kier molecular flexibility index (Phi) is 5.44. The molecule has 8 nitrogen and oxygen atoms in total. The second-order valence-corrected chi connectivity index (χ2v) is 9.74. The summed E-state index contributed by atoms with van der Waals surface area (Å²) >= 11 is 1.71. The highest BCUT2D eigenvalue weighted by Crippen LogP contribution is 2.38. The van der Waals surface area contributed by atoms with Gasteiger partial charge in [-0.15, -0.1) is 11.3 Å². The second kappa shape index (κ2) is 8.32. The van der Waals surface area contributed by atoms with E-state index in [2.05, 4.69) is 21.3 Å². The minimum absolute atomic E-state index is 0.113. The number of benzene rings is 1. The van der Waals surface area contributed by atoms with E-state index < -0.39 is 17.5 Å². The summed E-state index contributed by atoms with van der Waals surface area (Å²) in [5, 5.41) is 4.80. The number of urea groups is 1. The van der Waals surface area contributed by atoms with E-state index in [0.29, 0.717) is 22.6 Å². The highest BCUT2D eigenvalue weighted by Gasteiger charge is 2.50. The van der Waals surface area contributed by atoms with Crippen LogP contribution in [0, 0.1) is 13.8 Å². The minimum Gasteiger partial charge on any atom is -0.454 e. The van der Waals surface area contributed by atoms with Crippen LogP contribution in [-0.4, -0.2) is 40.5 Å². The van der Waals surface area contributed by atoms with Crippen LogP contribution in [0.5, 0.6) is 11.5 Å². The molecular weight excluding hydrogens is 454 g/mol. The van der Waals surface area contributed by atoms with Crippen molar-refractivity contribution in [2.45, 2.75) is 39.3 Å². The quantitative estimate of drug-likeness (QED) is 0.411. The van der Waals surface area contributed by atoms with E-state index in [1.807, 2.05) is 26.0 Å². The van der Waals surface area contributed by atoms with E-state index in [1.54, 1.807) is 36.5 Å². The number of carbonyl (C=O) groups is 3. The molecule has 1 atom stereocenters. The van der Waals surface area contributed by atoms with E-state index in [9.17, 15) is 14.4 Å². The molecule has 9 heteroatoms. The Hall–Kier alpha value is -3.59. The standard InChI is InChI=1S/C25H25N3O5S/c1-15-11-19(16(2)27(15)9-8-18-5-4-10-34-18)20(29)13-28-23(30)25(3,26-24(28)31)17-6-7-21-22(12-17)33-14-32-21/h4-7,10-12H,8-9,13-14H2,1-3H3,(H,26,31)/t25-/m0/s1. The molecule has 1 aromatic carbocycles. The van der Waals surface area contributed by atoms with Crippen molar-refractivity contribution < 1.29 is 23.9 Å². The first kappa shape index (κ1) is 22.2. The van der Waals surface area contributed by atoms with Crippen LogP contribution in [0.4, 0.5) is 4.79 Å². The predicted octanol–water partition coefficient (Wildman–Crippen LogP) is 3.79. The molecule has 1 saturated heterocycles. The topological polar surface area (TPSA) is 89.9 Å². The number of fused-ring (bicyclic) bond motifs is 1. The maximum absolute atomic E-state index is 13.3. The number of rotatable bonds is 7. The molecule has 34 heavy (non-hydrogen) atoms. The molecule has 1 N–H and O–H groups in total. The van der Waals surface area contributed by atoms with Crippen LogP contribution in [0.15, 0.2) is 41.8 Å². The first-order valence-electron chi connectivity index (χ1n) is 11.0. The van der Waals surface area contributed by atoms with Crippen LogP contribution < -0.4 is 14.8 Å². The SMILES string of the molecule is Cc1cc(C(=O)CN2C(=O)N[C@@](C)(c3ccc4c(c3)OCO4)C2=O)c(C)n1CCc1cccs1. The largest absolute Gasteiger partial charge is 0.454 e. The molecule has 3 amide bonds. The van der Waals surface area contributed by atoms with Crippen LogP contribution in [0.3, 0.4) is 0 Å². The number of Topliss-reactive ketones (excluding diaryl/α,β-unsaturated/α-hetero) is 1. The lowest BCUT2D eigenvalue weighted by Gasteiger charge is -2.22. The lowest BCUT2D eigenvalue weighted by atomic mass is 9.91. The summed E-state index contributed by atoms with van der Waals surface area (Å²) in [4.78, 5) is 41.5. The Morgan fingerprint density at radius 1 is 1.15 bits per heavy atom. The maximum atomic E-state index is 13.3. The third kappa shape index (κ3) is 3.66. The van der Waals surface area contributed by atoms with Gasteiger partial charge in [-0.3, -0.25) is 14.5 Å². The number of imide groups is 1. The highest BCUT2D eigenvalue weighted by atomic mass is 32.1. The molecule has 2 aliphatic heterocycles. The van der Waals surface area contributed by atoms with Gasteiger partial charge in [0.1, 0.15) is 5.54 Å². The molecule has 5 rings (SSSR count). The number of ether oxygens (including phenoxy) is 2. The van der Waals surface area contributed by atoms with Gasteiger partial charge in [0.15, 0.2) is 17.3 Å². The van der Waals surface area contributed by atoms with E-state index >= 15 is 0 Å². The van der Waals surface area contributed by atoms with E-state index in [4.69, 9.17) is 9.47 Å². The van der Waals surface area contributed by atoms with Gasteiger partial charge in [0.25, 0.3) is 5.91 Å². The van der Waals surface area contributed by atoms with Crippen molar-refractivity contribution in [1.29, 1.82) is 0 Å². The number of nitrogens with one attached hydrogen (secondary N) is 1. The van der Waals surface area contributed by atoms with Gasteiger partial charge in [-0.2, -0.15) is 0 Å². The van der Waals surface area contributed by atoms with Crippen molar-refractivity contribution in [3.8, 4) is 11.5 Å². The smallest absolute Gasteiger partial charge is 0.325 e. The molecule has 176 valence electrons. The number of nitrogens with zero attached hydrogens (tertiary/aromatic N) is 2. The normalized spacial score (nSPS) is 19.1. The number of thiophene rings is 1. The summed E-state index contributed by atoms with van der Waals surface area (Å²) in [5.74, 6) is 0.362. The number of aromatic nitrogens is 1. The van der Waals surface area contributed by atoms with E-state index in [1.165, 1.54) is 4.88 Å². The zero-order chi connectivity index (χ0) is 24.0. The van der Waals surface area contributed by atoms with Crippen LogP contribution >= 0.6 is 11.3 Å². The predicted molar refractivity (Wildman–Crippen MR) is 126 cm³/mol. The van der Waals surface area contributed by atoms with E-state index in [-0.39, 0.29) is 19.1 Å². The van der Waals surface area contributed by atoms with Crippen LogP contribution in [-0.2, 0) is 23.3 Å². The fourth-order valence-corrected chi connectivity index (χ4v) is 5.28. The van der Waals surface area contributed by atoms with E-state index in [0.717, 1.165) is 29.3 Å².